The van der Waals surface area contributed by atoms with Gasteiger partial charge in [0.15, 0.2) is 11.6 Å². The monoisotopic (exact) mass is 464 g/mol. The Balaban J connectivity index is 1.51. The third-order valence-electron chi connectivity index (χ3n) is 6.75. The normalized spacial score (nSPS) is 18.1. The fourth-order valence-corrected chi connectivity index (χ4v) is 4.76. The van der Waals surface area contributed by atoms with Crippen molar-refractivity contribution in [1.29, 1.82) is 0 Å². The van der Waals surface area contributed by atoms with E-state index in [-0.39, 0.29) is 17.0 Å². The molecule has 2 aromatic carbocycles. The van der Waals surface area contributed by atoms with E-state index >= 15 is 4.39 Å². The van der Waals surface area contributed by atoms with Gasteiger partial charge in [-0.1, -0.05) is 30.3 Å². The maximum Gasteiger partial charge on any atom is 0.256 e. The van der Waals surface area contributed by atoms with Crippen LogP contribution < -0.4 is 20.4 Å². The van der Waals surface area contributed by atoms with Crippen LogP contribution in [-0.4, -0.2) is 61.8 Å². The van der Waals surface area contributed by atoms with Crippen molar-refractivity contribution in [1.82, 2.24) is 14.8 Å². The van der Waals surface area contributed by atoms with Gasteiger partial charge < -0.3 is 24.4 Å². The molecule has 0 radical (unpaired) electrons. The van der Waals surface area contributed by atoms with Gasteiger partial charge in [0.1, 0.15) is 17.9 Å². The number of carbonyl (C=O) groups is 1. The van der Waals surface area contributed by atoms with E-state index in [4.69, 9.17) is 4.74 Å². The molecule has 7 nitrogen and oxygen atoms in total. The maximum absolute atomic E-state index is 15.4. The summed E-state index contributed by atoms with van der Waals surface area (Å²) in [6.07, 6.45) is 2.26. The van der Waals surface area contributed by atoms with Gasteiger partial charge in [0.2, 0.25) is 5.43 Å². The number of ether oxygens (including phenoxy) is 1. The predicted octanol–water partition coefficient (Wildman–Crippen LogP) is 2.82. The van der Waals surface area contributed by atoms with E-state index in [1.807, 2.05) is 53.8 Å². The number of carbonyl (C=O) groups excluding carboxylic acids is 1. The first kappa shape index (κ1) is 22.4. The Morgan fingerprint density at radius 2 is 1.91 bits per heavy atom. The molecule has 5 rings (SSSR count). The number of amides is 1. The van der Waals surface area contributed by atoms with Crippen LogP contribution in [0.4, 0.5) is 10.1 Å². The number of rotatable bonds is 5. The minimum Gasteiger partial charge on any atom is -0.487 e. The molecule has 1 amide bonds. The second-order valence-electron chi connectivity index (χ2n) is 9.15. The summed E-state index contributed by atoms with van der Waals surface area (Å²) in [5.74, 6) is -0.548. The van der Waals surface area contributed by atoms with Gasteiger partial charge in [-0.05, 0) is 32.0 Å². The summed E-state index contributed by atoms with van der Waals surface area (Å²) in [7, 11) is 2.04. The van der Waals surface area contributed by atoms with Crippen molar-refractivity contribution in [2.24, 2.45) is 0 Å². The number of aromatic nitrogens is 1. The topological polar surface area (TPSA) is 66.8 Å². The standard InChI is InChI=1S/C26H29FN4O3/c1-17-16-34-25-22-19(14-21(27)23(25)30-12-10-29(2)11-13-30)24(32)20(15-31(17)22)26(33)28-9-8-18-6-4-3-5-7-18/h3-7,14-15,17H,8-13,16H2,1-2H3,(H,28,33)/t17-/m0/s1. The fourth-order valence-electron chi connectivity index (χ4n) is 4.76. The van der Waals surface area contributed by atoms with Gasteiger partial charge in [-0.3, -0.25) is 9.59 Å². The van der Waals surface area contributed by atoms with Crippen LogP contribution in [0.3, 0.4) is 0 Å². The summed E-state index contributed by atoms with van der Waals surface area (Å²) in [4.78, 5) is 30.4. The molecule has 3 heterocycles. The van der Waals surface area contributed by atoms with Crippen molar-refractivity contribution in [2.75, 3.05) is 51.3 Å². The summed E-state index contributed by atoms with van der Waals surface area (Å²) in [5.41, 5.74) is 1.60. The molecule has 0 unspecified atom stereocenters. The number of anilines is 1. The molecule has 8 heteroatoms. The lowest BCUT2D eigenvalue weighted by atomic mass is 10.0. The van der Waals surface area contributed by atoms with Gasteiger partial charge in [-0.25, -0.2) is 4.39 Å². The third kappa shape index (κ3) is 4.03. The second kappa shape index (κ2) is 9.10. The van der Waals surface area contributed by atoms with Gasteiger partial charge in [0.05, 0.1) is 16.9 Å². The fraction of sp³-hybridized carbons (Fsp3) is 0.385. The maximum atomic E-state index is 15.4. The molecule has 3 aromatic rings. The molecule has 1 fully saturated rings. The number of halogens is 1. The van der Waals surface area contributed by atoms with Crippen molar-refractivity contribution in [3.05, 3.63) is 69.8 Å². The van der Waals surface area contributed by atoms with Crippen LogP contribution in [-0.2, 0) is 6.42 Å². The number of hydrogen-bond donors (Lipinski definition) is 1. The Morgan fingerprint density at radius 1 is 1.18 bits per heavy atom. The van der Waals surface area contributed by atoms with E-state index < -0.39 is 17.2 Å². The van der Waals surface area contributed by atoms with Gasteiger partial charge in [-0.2, -0.15) is 0 Å². The first-order valence-electron chi connectivity index (χ1n) is 11.7. The molecule has 1 aromatic heterocycles. The Kier molecular flexibility index (Phi) is 6.00. The smallest absolute Gasteiger partial charge is 0.256 e. The molecule has 0 saturated carbocycles. The molecule has 0 spiro atoms. The lowest BCUT2D eigenvalue weighted by Gasteiger charge is -2.37. The predicted molar refractivity (Wildman–Crippen MR) is 131 cm³/mol. The van der Waals surface area contributed by atoms with E-state index in [0.29, 0.717) is 49.6 Å². The molecule has 0 aliphatic carbocycles. The minimum absolute atomic E-state index is 0.0204. The van der Waals surface area contributed by atoms with Gasteiger partial charge >= 0.3 is 0 Å². The molecule has 178 valence electrons. The lowest BCUT2D eigenvalue weighted by molar-refractivity contribution is 0.0952. The van der Waals surface area contributed by atoms with E-state index in [1.165, 1.54) is 6.07 Å². The van der Waals surface area contributed by atoms with Crippen molar-refractivity contribution in [2.45, 2.75) is 19.4 Å². The highest BCUT2D eigenvalue weighted by atomic mass is 19.1. The lowest BCUT2D eigenvalue weighted by Crippen LogP contribution is -2.45. The SMILES string of the molecule is C[C@H]1COc2c(N3CCN(C)CC3)c(F)cc3c(=O)c(C(=O)NCCc4ccccc4)cn1c23. The second-order valence-corrected chi connectivity index (χ2v) is 9.15. The molecule has 1 atom stereocenters. The van der Waals surface area contributed by atoms with Gasteiger partial charge in [0, 0.05) is 38.9 Å². The van der Waals surface area contributed by atoms with Gasteiger partial charge in [0.25, 0.3) is 5.91 Å². The molecular weight excluding hydrogens is 435 g/mol. The van der Waals surface area contributed by atoms with Crippen LogP contribution in [0.2, 0.25) is 0 Å². The largest absolute Gasteiger partial charge is 0.487 e. The van der Waals surface area contributed by atoms with Crippen LogP contribution in [0.5, 0.6) is 5.75 Å². The van der Waals surface area contributed by atoms with Crippen LogP contribution in [0, 0.1) is 5.82 Å². The summed E-state index contributed by atoms with van der Waals surface area (Å²) in [6, 6.07) is 11.0. The first-order chi connectivity index (χ1) is 16.4. The van der Waals surface area contributed by atoms with Gasteiger partial charge in [-0.15, -0.1) is 0 Å². The Bertz CT molecular complexity index is 1280. The molecule has 2 aliphatic rings. The molecular formula is C26H29FN4O3. The molecule has 0 bridgehead atoms. The summed E-state index contributed by atoms with van der Waals surface area (Å²) in [5, 5.41) is 3.02. The molecule has 2 aliphatic heterocycles. The minimum atomic E-state index is -0.494. The number of pyridine rings is 1. The van der Waals surface area contributed by atoms with E-state index in [9.17, 15) is 9.59 Å². The zero-order valence-corrected chi connectivity index (χ0v) is 19.5. The van der Waals surface area contributed by atoms with Crippen molar-refractivity contribution < 1.29 is 13.9 Å². The number of nitrogens with zero attached hydrogens (tertiary/aromatic N) is 3. The average Bonchev–Trinajstić information content (AvgIpc) is 2.84. The Morgan fingerprint density at radius 3 is 2.65 bits per heavy atom. The molecule has 34 heavy (non-hydrogen) atoms. The number of likely N-dealkylation sites (N-methyl/N-ethyl adjacent to an activating group) is 1. The van der Waals surface area contributed by atoms with Crippen molar-refractivity contribution >= 4 is 22.5 Å². The zero-order valence-electron chi connectivity index (χ0n) is 19.5. The van der Waals surface area contributed by atoms with E-state index in [1.54, 1.807) is 6.20 Å². The van der Waals surface area contributed by atoms with Crippen LogP contribution >= 0.6 is 0 Å². The highest BCUT2D eigenvalue weighted by Gasteiger charge is 2.31. The number of piperazine rings is 1. The summed E-state index contributed by atoms with van der Waals surface area (Å²) < 4.78 is 23.3. The average molecular weight is 465 g/mol. The summed E-state index contributed by atoms with van der Waals surface area (Å²) in [6.45, 7) is 5.70. The summed E-state index contributed by atoms with van der Waals surface area (Å²) >= 11 is 0. The highest BCUT2D eigenvalue weighted by Crippen LogP contribution is 2.42. The van der Waals surface area contributed by atoms with Crippen LogP contribution in [0.15, 0.2) is 47.4 Å². The number of nitrogens with one attached hydrogen (secondary N) is 1. The van der Waals surface area contributed by atoms with Crippen LogP contribution in [0.25, 0.3) is 10.9 Å². The molecule has 1 N–H and O–H groups in total. The first-order valence-corrected chi connectivity index (χ1v) is 11.7. The van der Waals surface area contributed by atoms with Crippen molar-refractivity contribution in [3.8, 4) is 5.75 Å². The Labute approximate surface area is 197 Å². The number of hydrogen-bond acceptors (Lipinski definition) is 5. The number of benzene rings is 2. The Hall–Kier alpha value is -3.39. The zero-order chi connectivity index (χ0) is 23.8. The highest BCUT2D eigenvalue weighted by molar-refractivity contribution is 6.00. The van der Waals surface area contributed by atoms with E-state index in [2.05, 4.69) is 10.2 Å². The third-order valence-corrected chi connectivity index (χ3v) is 6.75. The van der Waals surface area contributed by atoms with E-state index in [0.717, 1.165) is 18.7 Å². The molecule has 1 saturated heterocycles. The van der Waals surface area contributed by atoms with Crippen molar-refractivity contribution in [3.63, 3.8) is 0 Å². The quantitative estimate of drug-likeness (QED) is 0.629. The van der Waals surface area contributed by atoms with Crippen LogP contribution in [0.1, 0.15) is 28.9 Å².